The van der Waals surface area contributed by atoms with E-state index >= 15 is 0 Å². The Bertz CT molecular complexity index is 612. The maximum atomic E-state index is 12.5. The van der Waals surface area contributed by atoms with Crippen LogP contribution in [0, 0.1) is 0 Å². The summed E-state index contributed by atoms with van der Waals surface area (Å²) in [5.41, 5.74) is 1.45. The van der Waals surface area contributed by atoms with Crippen molar-refractivity contribution >= 4 is 11.5 Å². The molecule has 0 amide bonds. The Morgan fingerprint density at radius 1 is 1.26 bits per heavy atom. The van der Waals surface area contributed by atoms with E-state index < -0.39 is 6.61 Å². The third-order valence-electron chi connectivity index (χ3n) is 3.62. The number of allylic oxidation sites excluding steroid dienone is 2. The van der Waals surface area contributed by atoms with Crippen LogP contribution in [0.3, 0.4) is 0 Å². The number of hydrogen-bond donors (Lipinski definition) is 1. The van der Waals surface area contributed by atoms with Gasteiger partial charge in [-0.2, -0.15) is 8.78 Å². The van der Waals surface area contributed by atoms with Gasteiger partial charge in [-0.25, -0.2) is 0 Å². The molecule has 0 unspecified atom stereocenters. The molecular formula is C16H17F2NO4. The molecule has 1 aromatic carbocycles. The van der Waals surface area contributed by atoms with Crippen LogP contribution in [-0.2, 0) is 9.53 Å². The number of carbonyl (C=O) groups is 1. The van der Waals surface area contributed by atoms with Gasteiger partial charge >= 0.3 is 6.61 Å². The van der Waals surface area contributed by atoms with Crippen molar-refractivity contribution < 1.29 is 27.8 Å². The van der Waals surface area contributed by atoms with Crippen LogP contribution in [0.2, 0.25) is 0 Å². The number of rotatable bonds is 6. The maximum Gasteiger partial charge on any atom is 0.387 e. The highest BCUT2D eigenvalue weighted by atomic mass is 19.3. The number of anilines is 1. The number of nitrogens with one attached hydrogen (secondary N) is 1. The Morgan fingerprint density at radius 3 is 2.78 bits per heavy atom. The average Bonchev–Trinajstić information content (AvgIpc) is 3.13. The lowest BCUT2D eigenvalue weighted by molar-refractivity contribution is -0.114. The molecule has 1 heterocycles. The standard InChI is InChI=1S/C16H17F2NO4/c17-16(18)23-14-4-2-11(19-10-1-3-12(20)7-10)8-15(14)22-13-5-6-21-9-13/h2,4,7-8,13,16,19H,1,3,5-6,9H2/t13-/m0/s1. The van der Waals surface area contributed by atoms with Gasteiger partial charge in [0, 0.05) is 36.4 Å². The van der Waals surface area contributed by atoms with Crippen molar-refractivity contribution in [3.05, 3.63) is 30.0 Å². The fourth-order valence-electron chi connectivity index (χ4n) is 2.54. The average molecular weight is 325 g/mol. The molecule has 124 valence electrons. The normalized spacial score (nSPS) is 20.7. The Labute approximate surface area is 132 Å². The lowest BCUT2D eigenvalue weighted by Gasteiger charge is -2.17. The van der Waals surface area contributed by atoms with Crippen molar-refractivity contribution in [3.63, 3.8) is 0 Å². The van der Waals surface area contributed by atoms with E-state index in [0.29, 0.717) is 38.2 Å². The number of ether oxygens (including phenoxy) is 3. The minimum atomic E-state index is -2.92. The van der Waals surface area contributed by atoms with Crippen molar-refractivity contribution in [1.29, 1.82) is 0 Å². The molecule has 0 spiro atoms. The second kappa shape index (κ2) is 6.95. The van der Waals surface area contributed by atoms with Gasteiger partial charge in [0.05, 0.1) is 13.2 Å². The van der Waals surface area contributed by atoms with E-state index in [4.69, 9.17) is 9.47 Å². The minimum Gasteiger partial charge on any atom is -0.484 e. The first-order chi connectivity index (χ1) is 11.1. The minimum absolute atomic E-state index is 0.0195. The van der Waals surface area contributed by atoms with Crippen molar-refractivity contribution in [1.82, 2.24) is 0 Å². The van der Waals surface area contributed by atoms with Crippen LogP contribution in [0.5, 0.6) is 11.5 Å². The number of halogens is 2. The van der Waals surface area contributed by atoms with E-state index in [-0.39, 0.29) is 23.4 Å². The van der Waals surface area contributed by atoms with E-state index in [0.717, 1.165) is 5.70 Å². The molecule has 7 heteroatoms. The van der Waals surface area contributed by atoms with E-state index in [1.807, 2.05) is 0 Å². The molecular weight excluding hydrogens is 308 g/mol. The zero-order valence-electron chi connectivity index (χ0n) is 12.4. The molecule has 1 saturated heterocycles. The van der Waals surface area contributed by atoms with Gasteiger partial charge in [-0.1, -0.05) is 0 Å². The van der Waals surface area contributed by atoms with Gasteiger partial charge in [0.15, 0.2) is 17.3 Å². The zero-order valence-corrected chi connectivity index (χ0v) is 12.4. The zero-order chi connectivity index (χ0) is 16.2. The molecule has 23 heavy (non-hydrogen) atoms. The van der Waals surface area contributed by atoms with Crippen LogP contribution in [0.15, 0.2) is 30.0 Å². The molecule has 0 aromatic heterocycles. The molecule has 1 aliphatic carbocycles. The van der Waals surface area contributed by atoms with E-state index in [2.05, 4.69) is 10.1 Å². The van der Waals surface area contributed by atoms with Crippen molar-refractivity contribution in [2.75, 3.05) is 18.5 Å². The van der Waals surface area contributed by atoms with Crippen LogP contribution in [0.25, 0.3) is 0 Å². The number of ketones is 1. The topological polar surface area (TPSA) is 56.8 Å². The SMILES string of the molecule is O=C1C=C(Nc2ccc(OC(F)F)c(O[C@H]3CCOC3)c2)CC1. The maximum absolute atomic E-state index is 12.5. The lowest BCUT2D eigenvalue weighted by Crippen LogP contribution is -2.17. The molecule has 1 atom stereocenters. The van der Waals surface area contributed by atoms with Crippen LogP contribution in [0.4, 0.5) is 14.5 Å². The number of benzene rings is 1. The lowest BCUT2D eigenvalue weighted by atomic mass is 10.2. The van der Waals surface area contributed by atoms with Gasteiger partial charge < -0.3 is 19.5 Å². The Kier molecular flexibility index (Phi) is 4.76. The highest BCUT2D eigenvalue weighted by molar-refractivity contribution is 5.93. The first kappa shape index (κ1) is 15.7. The molecule has 1 N–H and O–H groups in total. The third-order valence-corrected chi connectivity index (χ3v) is 3.62. The summed E-state index contributed by atoms with van der Waals surface area (Å²) in [5.74, 6) is 0.286. The molecule has 0 bridgehead atoms. The van der Waals surface area contributed by atoms with E-state index in [1.165, 1.54) is 6.07 Å². The smallest absolute Gasteiger partial charge is 0.387 e. The van der Waals surface area contributed by atoms with Crippen molar-refractivity contribution in [3.8, 4) is 11.5 Å². The third kappa shape index (κ3) is 4.19. The summed E-state index contributed by atoms with van der Waals surface area (Å²) in [6.45, 7) is -1.92. The van der Waals surface area contributed by atoms with Crippen molar-refractivity contribution in [2.24, 2.45) is 0 Å². The van der Waals surface area contributed by atoms with Gasteiger partial charge in [0.25, 0.3) is 0 Å². The number of carbonyl (C=O) groups excluding carboxylic acids is 1. The van der Waals surface area contributed by atoms with Crippen molar-refractivity contribution in [2.45, 2.75) is 32.0 Å². The molecule has 1 fully saturated rings. The van der Waals surface area contributed by atoms with Gasteiger partial charge in [0.2, 0.25) is 0 Å². The number of hydrogen-bond acceptors (Lipinski definition) is 5. The summed E-state index contributed by atoms with van der Waals surface area (Å²) < 4.78 is 40.5. The molecule has 1 aromatic rings. The van der Waals surface area contributed by atoms with Crippen LogP contribution >= 0.6 is 0 Å². The molecule has 3 rings (SSSR count). The van der Waals surface area contributed by atoms with Gasteiger partial charge in [0.1, 0.15) is 6.10 Å². The van der Waals surface area contributed by atoms with Gasteiger partial charge in [-0.3, -0.25) is 4.79 Å². The first-order valence-electron chi connectivity index (χ1n) is 7.44. The summed E-state index contributed by atoms with van der Waals surface area (Å²) in [6, 6.07) is 4.63. The Hall–Kier alpha value is -2.15. The quantitative estimate of drug-likeness (QED) is 0.871. The van der Waals surface area contributed by atoms with Gasteiger partial charge in [-0.15, -0.1) is 0 Å². The molecule has 5 nitrogen and oxygen atoms in total. The van der Waals surface area contributed by atoms with Crippen LogP contribution in [0.1, 0.15) is 19.3 Å². The summed E-state index contributed by atoms with van der Waals surface area (Å²) in [7, 11) is 0. The fraction of sp³-hybridized carbons (Fsp3) is 0.438. The highest BCUT2D eigenvalue weighted by Gasteiger charge is 2.21. The summed E-state index contributed by atoms with van der Waals surface area (Å²) in [4.78, 5) is 11.3. The van der Waals surface area contributed by atoms with Crippen LogP contribution < -0.4 is 14.8 Å². The summed E-state index contributed by atoms with van der Waals surface area (Å²) in [5, 5.41) is 3.10. The number of alkyl halides is 2. The predicted octanol–water partition coefficient (Wildman–Crippen LogP) is 3.11. The predicted molar refractivity (Wildman–Crippen MR) is 78.9 cm³/mol. The Morgan fingerprint density at radius 2 is 2.13 bits per heavy atom. The second-order valence-electron chi connectivity index (χ2n) is 5.40. The highest BCUT2D eigenvalue weighted by Crippen LogP contribution is 2.34. The van der Waals surface area contributed by atoms with Gasteiger partial charge in [-0.05, 0) is 18.6 Å². The van der Waals surface area contributed by atoms with E-state index in [1.54, 1.807) is 18.2 Å². The summed E-state index contributed by atoms with van der Waals surface area (Å²) in [6.07, 6.45) is 3.19. The molecule has 0 saturated carbocycles. The molecule has 1 aliphatic heterocycles. The summed E-state index contributed by atoms with van der Waals surface area (Å²) >= 11 is 0. The molecule has 2 aliphatic rings. The first-order valence-corrected chi connectivity index (χ1v) is 7.44. The molecule has 0 radical (unpaired) electrons. The van der Waals surface area contributed by atoms with E-state index in [9.17, 15) is 13.6 Å². The largest absolute Gasteiger partial charge is 0.484 e. The van der Waals surface area contributed by atoms with Crippen LogP contribution in [-0.4, -0.2) is 31.7 Å². The fourth-order valence-corrected chi connectivity index (χ4v) is 2.54. The monoisotopic (exact) mass is 325 g/mol. The Balaban J connectivity index is 1.78. The second-order valence-corrected chi connectivity index (χ2v) is 5.40.